The van der Waals surface area contributed by atoms with Crippen LogP contribution in [0, 0.1) is 0 Å². The van der Waals surface area contributed by atoms with Crippen LogP contribution in [0.5, 0.6) is 0 Å². The lowest BCUT2D eigenvalue weighted by Gasteiger charge is -2.30. The van der Waals surface area contributed by atoms with Crippen LogP contribution in [-0.4, -0.2) is 33.9 Å². The number of anilines is 1. The maximum Gasteiger partial charge on any atom is 0.0663 e. The molecule has 0 radical (unpaired) electrons. The summed E-state index contributed by atoms with van der Waals surface area (Å²) in [6.07, 6.45) is 0. The van der Waals surface area contributed by atoms with Crippen LogP contribution in [0.3, 0.4) is 0 Å². The fourth-order valence-electron chi connectivity index (χ4n) is 1.93. The summed E-state index contributed by atoms with van der Waals surface area (Å²) in [7, 11) is 5.83. The normalized spacial score (nSPS) is 14.3. The summed E-state index contributed by atoms with van der Waals surface area (Å²) in [5, 5.41) is 3.29. The van der Waals surface area contributed by atoms with Gasteiger partial charge < -0.3 is 15.0 Å². The summed E-state index contributed by atoms with van der Waals surface area (Å²) in [5.74, 6) is 0. The fraction of sp³-hybridized carbons (Fsp3) is 0.571. The van der Waals surface area contributed by atoms with Crippen LogP contribution >= 0.6 is 15.9 Å². The number of likely N-dealkylation sites (N-methyl/N-ethyl adjacent to an activating group) is 1. The molecule has 0 heterocycles. The molecular weight excluding hydrogens is 292 g/mol. The Morgan fingerprint density at radius 3 is 2.61 bits per heavy atom. The van der Waals surface area contributed by atoms with Gasteiger partial charge in [-0.05, 0) is 38.6 Å². The van der Waals surface area contributed by atoms with Gasteiger partial charge in [0.2, 0.25) is 0 Å². The first-order valence-electron chi connectivity index (χ1n) is 6.19. The van der Waals surface area contributed by atoms with Crippen LogP contribution in [0.25, 0.3) is 0 Å². The molecule has 1 aromatic carbocycles. The van der Waals surface area contributed by atoms with Gasteiger partial charge in [0.15, 0.2) is 0 Å². The lowest BCUT2D eigenvalue weighted by atomic mass is 10.0. The van der Waals surface area contributed by atoms with E-state index in [1.165, 1.54) is 11.3 Å². The summed E-state index contributed by atoms with van der Waals surface area (Å²) in [4.78, 5) is 2.26. The van der Waals surface area contributed by atoms with Crippen LogP contribution in [0.2, 0.25) is 0 Å². The first-order valence-corrected chi connectivity index (χ1v) is 6.99. The Bertz CT molecular complexity index is 384. The predicted molar refractivity (Wildman–Crippen MR) is 81.4 cm³/mol. The summed E-state index contributed by atoms with van der Waals surface area (Å²) < 4.78 is 6.33. The highest BCUT2D eigenvalue weighted by atomic mass is 79.9. The molecule has 2 unspecified atom stereocenters. The number of methoxy groups -OCH3 is 1. The number of benzene rings is 1. The van der Waals surface area contributed by atoms with Crippen molar-refractivity contribution in [1.29, 1.82) is 0 Å². The molecule has 0 aliphatic rings. The monoisotopic (exact) mass is 314 g/mol. The minimum absolute atomic E-state index is 0.324. The van der Waals surface area contributed by atoms with Gasteiger partial charge in [-0.3, -0.25) is 0 Å². The standard InChI is InChI=1S/C14H23BrN2O/c1-10(9-18-5)17(4)14-8-12(15)6-7-13(14)11(2)16-3/h6-8,10-11,16H,9H2,1-5H3. The summed E-state index contributed by atoms with van der Waals surface area (Å²) >= 11 is 3.55. The molecule has 0 aromatic heterocycles. The molecule has 0 spiro atoms. The molecule has 0 aliphatic heterocycles. The average molecular weight is 315 g/mol. The molecule has 1 aromatic rings. The van der Waals surface area contributed by atoms with Crippen LogP contribution in [-0.2, 0) is 4.74 Å². The fourth-order valence-corrected chi connectivity index (χ4v) is 2.28. The van der Waals surface area contributed by atoms with Crippen molar-refractivity contribution >= 4 is 21.6 Å². The van der Waals surface area contributed by atoms with E-state index in [2.05, 4.69) is 65.2 Å². The van der Waals surface area contributed by atoms with E-state index in [1.807, 2.05) is 7.05 Å². The van der Waals surface area contributed by atoms with Gasteiger partial charge in [0.05, 0.1) is 6.61 Å². The second kappa shape index (κ2) is 7.12. The van der Waals surface area contributed by atoms with Gasteiger partial charge >= 0.3 is 0 Å². The van der Waals surface area contributed by atoms with Crippen molar-refractivity contribution in [2.45, 2.75) is 25.9 Å². The van der Waals surface area contributed by atoms with Crippen molar-refractivity contribution < 1.29 is 4.74 Å². The van der Waals surface area contributed by atoms with E-state index >= 15 is 0 Å². The van der Waals surface area contributed by atoms with Crippen LogP contribution in [0.1, 0.15) is 25.5 Å². The molecule has 1 rings (SSSR count). The quantitative estimate of drug-likeness (QED) is 0.872. The average Bonchev–Trinajstić information content (AvgIpc) is 2.37. The zero-order valence-electron chi connectivity index (χ0n) is 11.8. The van der Waals surface area contributed by atoms with Crippen molar-refractivity contribution in [2.75, 3.05) is 32.7 Å². The maximum atomic E-state index is 5.23. The van der Waals surface area contributed by atoms with E-state index in [1.54, 1.807) is 7.11 Å². The largest absolute Gasteiger partial charge is 0.383 e. The SMILES string of the molecule is CNC(C)c1ccc(Br)cc1N(C)C(C)COC. The summed E-state index contributed by atoms with van der Waals surface area (Å²) in [6, 6.07) is 7.07. The second-order valence-electron chi connectivity index (χ2n) is 4.63. The Balaban J connectivity index is 3.08. The van der Waals surface area contributed by atoms with Crippen molar-refractivity contribution in [2.24, 2.45) is 0 Å². The van der Waals surface area contributed by atoms with E-state index in [0.717, 1.165) is 11.1 Å². The topological polar surface area (TPSA) is 24.5 Å². The zero-order valence-corrected chi connectivity index (χ0v) is 13.4. The van der Waals surface area contributed by atoms with Crippen LogP contribution in [0.4, 0.5) is 5.69 Å². The predicted octanol–water partition coefficient (Wildman–Crippen LogP) is 3.20. The van der Waals surface area contributed by atoms with Gasteiger partial charge in [0.25, 0.3) is 0 Å². The van der Waals surface area contributed by atoms with Crippen molar-refractivity contribution in [3.8, 4) is 0 Å². The molecular formula is C14H23BrN2O. The smallest absolute Gasteiger partial charge is 0.0663 e. The van der Waals surface area contributed by atoms with E-state index < -0.39 is 0 Å². The van der Waals surface area contributed by atoms with Crippen LogP contribution in [0.15, 0.2) is 22.7 Å². The van der Waals surface area contributed by atoms with E-state index in [9.17, 15) is 0 Å². The van der Waals surface area contributed by atoms with Gasteiger partial charge in [0.1, 0.15) is 0 Å². The third-order valence-corrected chi connectivity index (χ3v) is 3.83. The molecule has 1 N–H and O–H groups in total. The maximum absolute atomic E-state index is 5.23. The zero-order chi connectivity index (χ0) is 13.7. The number of nitrogens with one attached hydrogen (secondary N) is 1. The van der Waals surface area contributed by atoms with E-state index in [-0.39, 0.29) is 0 Å². The molecule has 4 heteroatoms. The highest BCUT2D eigenvalue weighted by molar-refractivity contribution is 9.10. The van der Waals surface area contributed by atoms with E-state index in [0.29, 0.717) is 12.1 Å². The third-order valence-electron chi connectivity index (χ3n) is 3.34. The molecule has 0 aliphatic carbocycles. The first kappa shape index (κ1) is 15.5. The second-order valence-corrected chi connectivity index (χ2v) is 5.54. The van der Waals surface area contributed by atoms with Crippen molar-refractivity contribution in [3.63, 3.8) is 0 Å². The molecule has 2 atom stereocenters. The molecule has 0 fully saturated rings. The number of rotatable bonds is 6. The minimum atomic E-state index is 0.324. The Morgan fingerprint density at radius 2 is 2.06 bits per heavy atom. The van der Waals surface area contributed by atoms with Gasteiger partial charge in [-0.2, -0.15) is 0 Å². The Kier molecular flexibility index (Phi) is 6.12. The molecule has 18 heavy (non-hydrogen) atoms. The van der Waals surface area contributed by atoms with Crippen molar-refractivity contribution in [1.82, 2.24) is 5.32 Å². The summed E-state index contributed by atoms with van der Waals surface area (Å²) in [6.45, 7) is 5.05. The molecule has 0 saturated carbocycles. The van der Waals surface area contributed by atoms with Crippen LogP contribution < -0.4 is 10.2 Å². The Morgan fingerprint density at radius 1 is 1.39 bits per heavy atom. The number of nitrogens with zero attached hydrogens (tertiary/aromatic N) is 1. The number of ether oxygens (including phenoxy) is 1. The molecule has 3 nitrogen and oxygen atoms in total. The van der Waals surface area contributed by atoms with Gasteiger partial charge in [-0.15, -0.1) is 0 Å². The van der Waals surface area contributed by atoms with Crippen molar-refractivity contribution in [3.05, 3.63) is 28.2 Å². The Hall–Kier alpha value is -0.580. The van der Waals surface area contributed by atoms with Gasteiger partial charge in [-0.1, -0.05) is 22.0 Å². The highest BCUT2D eigenvalue weighted by Crippen LogP contribution is 2.30. The van der Waals surface area contributed by atoms with E-state index in [4.69, 9.17) is 4.74 Å². The molecule has 102 valence electrons. The van der Waals surface area contributed by atoms with Gasteiger partial charge in [0, 0.05) is 36.4 Å². The lowest BCUT2D eigenvalue weighted by molar-refractivity contribution is 0.183. The minimum Gasteiger partial charge on any atom is -0.383 e. The molecule has 0 amide bonds. The molecule has 0 bridgehead atoms. The number of hydrogen-bond donors (Lipinski definition) is 1. The molecule has 0 saturated heterocycles. The number of halogens is 1. The number of hydrogen-bond acceptors (Lipinski definition) is 3. The van der Waals surface area contributed by atoms with Gasteiger partial charge in [-0.25, -0.2) is 0 Å². The summed E-state index contributed by atoms with van der Waals surface area (Å²) in [5.41, 5.74) is 2.53. The first-order chi connectivity index (χ1) is 8.51. The highest BCUT2D eigenvalue weighted by Gasteiger charge is 2.16. The Labute approximate surface area is 119 Å². The lowest BCUT2D eigenvalue weighted by Crippen LogP contribution is -2.34. The third kappa shape index (κ3) is 3.70.